The summed E-state index contributed by atoms with van der Waals surface area (Å²) in [6, 6.07) is 15.3. The van der Waals surface area contributed by atoms with Crippen molar-refractivity contribution in [3.63, 3.8) is 0 Å². The van der Waals surface area contributed by atoms with Gasteiger partial charge in [-0.1, -0.05) is 30.2 Å². The molecule has 1 aliphatic rings. The van der Waals surface area contributed by atoms with Crippen molar-refractivity contribution in [3.8, 4) is 11.8 Å². The number of nitrogens with one attached hydrogen (secondary N) is 2. The van der Waals surface area contributed by atoms with Crippen molar-refractivity contribution >= 4 is 16.7 Å². The topological polar surface area (TPSA) is 51.1 Å². The molecule has 1 aromatic heterocycles. The third kappa shape index (κ3) is 6.02. The average Bonchev–Trinajstić information content (AvgIpc) is 3.12. The van der Waals surface area contributed by atoms with E-state index in [1.54, 1.807) is 6.07 Å². The lowest BCUT2D eigenvalue weighted by molar-refractivity contribution is -0.140. The van der Waals surface area contributed by atoms with E-state index in [1.165, 1.54) is 0 Å². The first kappa shape index (κ1) is 22.2. The van der Waals surface area contributed by atoms with Crippen LogP contribution in [-0.2, 0) is 17.8 Å². The number of halogens is 3. The Morgan fingerprint density at radius 2 is 1.88 bits per heavy atom. The van der Waals surface area contributed by atoms with Crippen LogP contribution in [-0.4, -0.2) is 41.5 Å². The molecule has 2 aromatic carbocycles. The number of nitrogens with zero attached hydrogens (tertiary/aromatic N) is 2. The summed E-state index contributed by atoms with van der Waals surface area (Å²) < 4.78 is 46.1. The van der Waals surface area contributed by atoms with E-state index in [0.29, 0.717) is 30.2 Å². The van der Waals surface area contributed by atoms with Crippen LogP contribution in [0.25, 0.3) is 11.0 Å². The molecule has 0 amide bonds. The summed E-state index contributed by atoms with van der Waals surface area (Å²) in [4.78, 5) is 4.41. The Hall–Kier alpha value is -3.02. The third-order valence-corrected chi connectivity index (χ3v) is 5.32. The highest BCUT2D eigenvalue weighted by Crippen LogP contribution is 2.24. The van der Waals surface area contributed by atoms with Crippen LogP contribution in [0, 0.1) is 11.8 Å². The quantitative estimate of drug-likeness (QED) is 0.558. The second-order valence-electron chi connectivity index (χ2n) is 7.75. The Labute approximate surface area is 185 Å². The van der Waals surface area contributed by atoms with Gasteiger partial charge in [0.2, 0.25) is 0 Å². The Balaban J connectivity index is 1.52. The van der Waals surface area contributed by atoms with Crippen LogP contribution in [0.4, 0.5) is 18.9 Å². The summed E-state index contributed by atoms with van der Waals surface area (Å²) in [5.41, 5.74) is 2.82. The number of fused-ring (bicyclic) bond motifs is 1. The SMILES string of the molecule is FC(F)(F)Cn1c(C#CCNc2ccccc2)nc2cc(CNC3CCOCC3)ccc21. The fourth-order valence-corrected chi connectivity index (χ4v) is 3.71. The van der Waals surface area contributed by atoms with Gasteiger partial charge in [-0.3, -0.25) is 0 Å². The van der Waals surface area contributed by atoms with Crippen LogP contribution < -0.4 is 10.6 Å². The third-order valence-electron chi connectivity index (χ3n) is 5.32. The summed E-state index contributed by atoms with van der Waals surface area (Å²) >= 11 is 0. The summed E-state index contributed by atoms with van der Waals surface area (Å²) in [6.07, 6.45) is -2.45. The Kier molecular flexibility index (Phi) is 6.98. The molecule has 168 valence electrons. The Bertz CT molecular complexity index is 1090. The van der Waals surface area contributed by atoms with Crippen molar-refractivity contribution in [3.05, 3.63) is 59.9 Å². The molecule has 0 aliphatic carbocycles. The molecule has 2 N–H and O–H groups in total. The maximum Gasteiger partial charge on any atom is 0.406 e. The van der Waals surface area contributed by atoms with Gasteiger partial charge in [-0.25, -0.2) is 4.98 Å². The number of para-hydroxylation sites is 1. The Morgan fingerprint density at radius 1 is 1.09 bits per heavy atom. The van der Waals surface area contributed by atoms with Crippen LogP contribution in [0.2, 0.25) is 0 Å². The van der Waals surface area contributed by atoms with Crippen LogP contribution in [0.3, 0.4) is 0 Å². The zero-order valence-electron chi connectivity index (χ0n) is 17.6. The maximum absolute atomic E-state index is 13.2. The number of hydrogen-bond donors (Lipinski definition) is 2. The lowest BCUT2D eigenvalue weighted by Gasteiger charge is -2.23. The second-order valence-corrected chi connectivity index (χ2v) is 7.75. The van der Waals surface area contributed by atoms with Gasteiger partial charge in [0.1, 0.15) is 6.54 Å². The predicted molar refractivity (Wildman–Crippen MR) is 118 cm³/mol. The molecule has 4 rings (SSSR count). The highest BCUT2D eigenvalue weighted by Gasteiger charge is 2.30. The van der Waals surface area contributed by atoms with E-state index in [1.807, 2.05) is 42.5 Å². The van der Waals surface area contributed by atoms with Crippen molar-refractivity contribution in [2.45, 2.75) is 38.1 Å². The smallest absolute Gasteiger partial charge is 0.381 e. The number of anilines is 1. The molecule has 0 unspecified atom stereocenters. The molecule has 1 fully saturated rings. The molecule has 2 heterocycles. The van der Waals surface area contributed by atoms with Crippen LogP contribution in [0.15, 0.2) is 48.5 Å². The van der Waals surface area contributed by atoms with Crippen molar-refractivity contribution in [1.82, 2.24) is 14.9 Å². The van der Waals surface area contributed by atoms with E-state index in [-0.39, 0.29) is 5.82 Å². The number of aromatic nitrogens is 2. The summed E-state index contributed by atoms with van der Waals surface area (Å²) in [7, 11) is 0. The molecule has 0 radical (unpaired) electrons. The summed E-state index contributed by atoms with van der Waals surface area (Å²) in [5, 5.41) is 6.61. The molecular formula is C24H25F3N4O. The number of alkyl halides is 3. The van der Waals surface area contributed by atoms with E-state index < -0.39 is 12.7 Å². The first-order valence-electron chi connectivity index (χ1n) is 10.6. The first-order chi connectivity index (χ1) is 15.5. The first-order valence-corrected chi connectivity index (χ1v) is 10.6. The molecule has 1 saturated heterocycles. The number of rotatable bonds is 6. The van der Waals surface area contributed by atoms with Crippen LogP contribution in [0.1, 0.15) is 24.2 Å². The minimum atomic E-state index is -4.37. The van der Waals surface area contributed by atoms with Gasteiger partial charge in [0.15, 0.2) is 5.82 Å². The van der Waals surface area contributed by atoms with Gasteiger partial charge in [-0.2, -0.15) is 13.2 Å². The number of hydrogen-bond acceptors (Lipinski definition) is 4. The highest BCUT2D eigenvalue weighted by molar-refractivity contribution is 5.77. The van der Waals surface area contributed by atoms with E-state index in [9.17, 15) is 13.2 Å². The summed E-state index contributed by atoms with van der Waals surface area (Å²) in [6.45, 7) is 1.31. The maximum atomic E-state index is 13.2. The summed E-state index contributed by atoms with van der Waals surface area (Å²) in [5.74, 6) is 5.81. The lowest BCUT2D eigenvalue weighted by atomic mass is 10.1. The van der Waals surface area contributed by atoms with Gasteiger partial charge in [0.25, 0.3) is 0 Å². The molecule has 32 heavy (non-hydrogen) atoms. The standard InChI is InChI=1S/C24H25F3N4O/c25-24(26,27)17-31-22-9-8-18(16-29-20-10-13-32-14-11-20)15-21(22)30-23(31)7-4-12-28-19-5-2-1-3-6-19/h1-3,5-6,8-9,15,20,28-29H,10-14,16-17H2. The largest absolute Gasteiger partial charge is 0.406 e. The van der Waals surface area contributed by atoms with Crippen LogP contribution in [0.5, 0.6) is 0 Å². The van der Waals surface area contributed by atoms with E-state index >= 15 is 0 Å². The van der Waals surface area contributed by atoms with Gasteiger partial charge in [-0.05, 0) is 48.6 Å². The molecule has 3 aromatic rings. The molecule has 8 heteroatoms. The minimum Gasteiger partial charge on any atom is -0.381 e. The van der Waals surface area contributed by atoms with Gasteiger partial charge in [0, 0.05) is 31.5 Å². The minimum absolute atomic E-state index is 0.113. The number of ether oxygens (including phenoxy) is 1. The lowest BCUT2D eigenvalue weighted by Crippen LogP contribution is -2.34. The normalized spacial score (nSPS) is 14.8. The van der Waals surface area contributed by atoms with E-state index in [2.05, 4.69) is 27.5 Å². The zero-order valence-corrected chi connectivity index (χ0v) is 17.6. The van der Waals surface area contributed by atoms with E-state index in [0.717, 1.165) is 41.9 Å². The monoisotopic (exact) mass is 442 g/mol. The van der Waals surface area contributed by atoms with Gasteiger partial charge in [0.05, 0.1) is 17.6 Å². The molecule has 1 aliphatic heterocycles. The van der Waals surface area contributed by atoms with Gasteiger partial charge in [-0.15, -0.1) is 0 Å². The molecule has 0 bridgehead atoms. The van der Waals surface area contributed by atoms with Crippen molar-refractivity contribution in [2.75, 3.05) is 25.1 Å². The Morgan fingerprint density at radius 3 is 2.62 bits per heavy atom. The average molecular weight is 442 g/mol. The number of benzene rings is 2. The molecular weight excluding hydrogens is 417 g/mol. The van der Waals surface area contributed by atoms with Gasteiger partial charge < -0.3 is 19.9 Å². The zero-order chi connectivity index (χ0) is 22.4. The van der Waals surface area contributed by atoms with Crippen molar-refractivity contribution < 1.29 is 17.9 Å². The molecule has 0 saturated carbocycles. The predicted octanol–water partition coefficient (Wildman–Crippen LogP) is 4.33. The fraction of sp³-hybridized carbons (Fsp3) is 0.375. The second kappa shape index (κ2) is 10.1. The van der Waals surface area contributed by atoms with Crippen molar-refractivity contribution in [1.29, 1.82) is 0 Å². The van der Waals surface area contributed by atoms with Crippen LogP contribution >= 0.6 is 0 Å². The van der Waals surface area contributed by atoms with E-state index in [4.69, 9.17) is 4.74 Å². The molecule has 0 spiro atoms. The molecule has 5 nitrogen and oxygen atoms in total. The van der Waals surface area contributed by atoms with Crippen molar-refractivity contribution in [2.24, 2.45) is 0 Å². The fourth-order valence-electron chi connectivity index (χ4n) is 3.71. The highest BCUT2D eigenvalue weighted by atomic mass is 19.4. The number of imidazole rings is 1. The van der Waals surface area contributed by atoms with Gasteiger partial charge >= 0.3 is 6.18 Å². The molecule has 0 atom stereocenters.